The van der Waals surface area contributed by atoms with Crippen LogP contribution in [0, 0.1) is 17.8 Å². The number of hydrogen-bond acceptors (Lipinski definition) is 2. The molecule has 11 heavy (non-hydrogen) atoms. The van der Waals surface area contributed by atoms with Crippen LogP contribution in [0.5, 0.6) is 0 Å². The third-order valence-corrected chi connectivity index (χ3v) is 3.26. The predicted octanol–water partition coefficient (Wildman–Crippen LogP) is 0.878. The van der Waals surface area contributed by atoms with E-state index >= 15 is 0 Å². The van der Waals surface area contributed by atoms with E-state index in [1.54, 1.807) is 0 Å². The van der Waals surface area contributed by atoms with Crippen LogP contribution in [0.1, 0.15) is 12.8 Å². The molecule has 1 N–H and O–H groups in total. The fraction of sp³-hybridized carbons (Fsp3) is 1.00. The Morgan fingerprint density at radius 3 is 3.18 bits per heavy atom. The predicted molar refractivity (Wildman–Crippen MR) is 44.4 cm³/mol. The second-order valence-electron chi connectivity index (χ2n) is 3.87. The molecule has 2 rings (SSSR count). The Balaban J connectivity index is 1.81. The Morgan fingerprint density at radius 1 is 1.55 bits per heavy atom. The van der Waals surface area contributed by atoms with E-state index in [-0.39, 0.29) is 0 Å². The Morgan fingerprint density at radius 2 is 2.45 bits per heavy atom. The van der Waals surface area contributed by atoms with Crippen LogP contribution in [0.3, 0.4) is 0 Å². The molecule has 1 aliphatic heterocycles. The molecule has 64 valence electrons. The van der Waals surface area contributed by atoms with E-state index in [1.165, 1.54) is 25.9 Å². The Kier molecular flexibility index (Phi) is 2.14. The van der Waals surface area contributed by atoms with Crippen molar-refractivity contribution in [3.63, 3.8) is 0 Å². The number of methoxy groups -OCH3 is 1. The summed E-state index contributed by atoms with van der Waals surface area (Å²) < 4.78 is 5.17. The first kappa shape index (κ1) is 7.56. The van der Waals surface area contributed by atoms with E-state index in [2.05, 4.69) is 5.32 Å². The lowest BCUT2D eigenvalue weighted by atomic mass is 9.62. The molecule has 1 saturated carbocycles. The fourth-order valence-electron chi connectivity index (χ4n) is 2.60. The summed E-state index contributed by atoms with van der Waals surface area (Å²) in [7, 11) is 1.81. The standard InChI is InChI=1S/C9H17NO/c1-11-6-8-4-7-5-10-3-2-9(7)8/h7-10H,2-6H2,1H3. The van der Waals surface area contributed by atoms with Crippen LogP contribution >= 0.6 is 0 Å². The molecule has 1 heterocycles. The van der Waals surface area contributed by atoms with Gasteiger partial charge in [-0.2, -0.15) is 0 Å². The minimum Gasteiger partial charge on any atom is -0.384 e. The molecule has 0 spiro atoms. The van der Waals surface area contributed by atoms with Gasteiger partial charge in [0.25, 0.3) is 0 Å². The number of hydrogen-bond donors (Lipinski definition) is 1. The topological polar surface area (TPSA) is 21.3 Å². The number of ether oxygens (including phenoxy) is 1. The third kappa shape index (κ3) is 1.30. The third-order valence-electron chi connectivity index (χ3n) is 3.26. The molecule has 2 nitrogen and oxygen atoms in total. The van der Waals surface area contributed by atoms with Crippen molar-refractivity contribution in [1.29, 1.82) is 0 Å². The number of fused-ring (bicyclic) bond motifs is 1. The summed E-state index contributed by atoms with van der Waals surface area (Å²) >= 11 is 0. The highest BCUT2D eigenvalue weighted by molar-refractivity contribution is 4.92. The first-order chi connectivity index (χ1) is 5.42. The van der Waals surface area contributed by atoms with Crippen molar-refractivity contribution >= 4 is 0 Å². The van der Waals surface area contributed by atoms with Crippen molar-refractivity contribution in [2.45, 2.75) is 12.8 Å². The zero-order valence-corrected chi connectivity index (χ0v) is 7.18. The van der Waals surface area contributed by atoms with Gasteiger partial charge >= 0.3 is 0 Å². The molecule has 1 aliphatic carbocycles. The number of nitrogens with one attached hydrogen (secondary N) is 1. The number of rotatable bonds is 2. The molecule has 0 bridgehead atoms. The first-order valence-corrected chi connectivity index (χ1v) is 4.61. The van der Waals surface area contributed by atoms with Crippen molar-refractivity contribution in [3.05, 3.63) is 0 Å². The average Bonchev–Trinajstić information content (AvgIpc) is 2.01. The molecule has 2 heteroatoms. The van der Waals surface area contributed by atoms with Crippen molar-refractivity contribution in [3.8, 4) is 0 Å². The summed E-state index contributed by atoms with van der Waals surface area (Å²) in [6.45, 7) is 3.47. The fourth-order valence-corrected chi connectivity index (χ4v) is 2.60. The van der Waals surface area contributed by atoms with Gasteiger partial charge in [-0.1, -0.05) is 0 Å². The van der Waals surface area contributed by atoms with Crippen molar-refractivity contribution in [2.24, 2.45) is 17.8 Å². The minimum absolute atomic E-state index is 0.882. The van der Waals surface area contributed by atoms with Crippen LogP contribution in [0.15, 0.2) is 0 Å². The zero-order valence-electron chi connectivity index (χ0n) is 7.18. The highest BCUT2D eigenvalue weighted by Crippen LogP contribution is 2.43. The van der Waals surface area contributed by atoms with Crippen LogP contribution in [0.25, 0.3) is 0 Å². The van der Waals surface area contributed by atoms with Crippen LogP contribution in [0.4, 0.5) is 0 Å². The molecule has 2 fully saturated rings. The highest BCUT2D eigenvalue weighted by atomic mass is 16.5. The van der Waals surface area contributed by atoms with Crippen molar-refractivity contribution in [2.75, 3.05) is 26.8 Å². The second kappa shape index (κ2) is 3.11. The lowest BCUT2D eigenvalue weighted by Gasteiger charge is -2.47. The number of piperidine rings is 1. The van der Waals surface area contributed by atoms with E-state index in [9.17, 15) is 0 Å². The van der Waals surface area contributed by atoms with Gasteiger partial charge < -0.3 is 10.1 Å². The van der Waals surface area contributed by atoms with Crippen molar-refractivity contribution < 1.29 is 4.74 Å². The van der Waals surface area contributed by atoms with E-state index < -0.39 is 0 Å². The lowest BCUT2D eigenvalue weighted by Crippen LogP contribution is -2.49. The molecule has 0 aromatic rings. The molecular weight excluding hydrogens is 138 g/mol. The van der Waals surface area contributed by atoms with E-state index in [4.69, 9.17) is 4.74 Å². The molecule has 0 aromatic heterocycles. The lowest BCUT2D eigenvalue weighted by molar-refractivity contribution is -0.0122. The molecule has 3 atom stereocenters. The summed E-state index contributed by atoms with van der Waals surface area (Å²) in [4.78, 5) is 0. The van der Waals surface area contributed by atoms with Crippen LogP contribution in [-0.4, -0.2) is 26.8 Å². The maximum absolute atomic E-state index is 5.17. The zero-order chi connectivity index (χ0) is 7.68. The summed E-state index contributed by atoms with van der Waals surface area (Å²) in [5.41, 5.74) is 0. The minimum atomic E-state index is 0.882. The summed E-state index contributed by atoms with van der Waals surface area (Å²) in [6.07, 6.45) is 2.77. The van der Waals surface area contributed by atoms with Crippen LogP contribution in [-0.2, 0) is 4.74 Å². The van der Waals surface area contributed by atoms with Gasteiger partial charge in [-0.15, -0.1) is 0 Å². The molecule has 1 saturated heterocycles. The van der Waals surface area contributed by atoms with Crippen LogP contribution in [0.2, 0.25) is 0 Å². The van der Waals surface area contributed by atoms with Gasteiger partial charge in [-0.3, -0.25) is 0 Å². The Bertz CT molecular complexity index is 138. The Labute approximate surface area is 68.3 Å². The smallest absolute Gasteiger partial charge is 0.0493 e. The normalized spacial score (nSPS) is 42.8. The van der Waals surface area contributed by atoms with E-state index in [0.717, 1.165) is 24.4 Å². The molecule has 3 unspecified atom stereocenters. The van der Waals surface area contributed by atoms with Gasteiger partial charge in [0, 0.05) is 13.7 Å². The van der Waals surface area contributed by atoms with Crippen molar-refractivity contribution in [1.82, 2.24) is 5.32 Å². The SMILES string of the molecule is COCC1CC2CNCCC21. The van der Waals surface area contributed by atoms with Gasteiger partial charge in [-0.25, -0.2) is 0 Å². The monoisotopic (exact) mass is 155 g/mol. The van der Waals surface area contributed by atoms with E-state index in [1.807, 2.05) is 7.11 Å². The molecule has 2 aliphatic rings. The molecule has 0 aromatic carbocycles. The molecule has 0 radical (unpaired) electrons. The largest absolute Gasteiger partial charge is 0.384 e. The maximum Gasteiger partial charge on any atom is 0.0493 e. The van der Waals surface area contributed by atoms with Gasteiger partial charge in [-0.05, 0) is 43.7 Å². The maximum atomic E-state index is 5.17. The average molecular weight is 155 g/mol. The van der Waals surface area contributed by atoms with Gasteiger partial charge in [0.1, 0.15) is 0 Å². The van der Waals surface area contributed by atoms with Gasteiger partial charge in [0.15, 0.2) is 0 Å². The summed E-state index contributed by atoms with van der Waals surface area (Å²) in [6, 6.07) is 0. The molecule has 0 amide bonds. The van der Waals surface area contributed by atoms with Gasteiger partial charge in [0.2, 0.25) is 0 Å². The first-order valence-electron chi connectivity index (χ1n) is 4.61. The Hall–Kier alpha value is -0.0800. The summed E-state index contributed by atoms with van der Waals surface area (Å²) in [5, 5.41) is 3.44. The second-order valence-corrected chi connectivity index (χ2v) is 3.87. The quantitative estimate of drug-likeness (QED) is 0.639. The van der Waals surface area contributed by atoms with Crippen LogP contribution < -0.4 is 5.32 Å². The summed E-state index contributed by atoms with van der Waals surface area (Å²) in [5.74, 6) is 2.84. The van der Waals surface area contributed by atoms with Gasteiger partial charge in [0.05, 0.1) is 0 Å². The van der Waals surface area contributed by atoms with E-state index in [0.29, 0.717) is 0 Å². The molecular formula is C9H17NO. The highest BCUT2D eigenvalue weighted by Gasteiger charge is 2.41.